The number of hydrogen-bond acceptors (Lipinski definition) is 4. The first-order valence-corrected chi connectivity index (χ1v) is 10.2. The highest BCUT2D eigenvalue weighted by Crippen LogP contribution is 2.31. The Morgan fingerprint density at radius 1 is 1.23 bits per heavy atom. The molecule has 1 atom stereocenters. The molecule has 5 nitrogen and oxygen atoms in total. The monoisotopic (exact) mass is 373 g/mol. The standard InChI is InChI=1S/C20H27N3O2S/c1-14(23-20(25)13-22-26-17-9-10-17)11-19(24)21-12-16-7-4-6-15-5-2-3-8-18(15)16/h2-3,5,7-8,14,17,22H,4,6,9-13H2,1H3,(H,21,24)(H,23,25). The molecule has 0 heterocycles. The smallest absolute Gasteiger partial charge is 0.235 e. The van der Waals surface area contributed by atoms with E-state index in [1.165, 1.54) is 29.5 Å². The highest BCUT2D eigenvalue weighted by molar-refractivity contribution is 7.98. The third kappa shape index (κ3) is 5.88. The highest BCUT2D eigenvalue weighted by Gasteiger charge is 2.22. The number of nitrogens with one attached hydrogen (secondary N) is 3. The number of aryl methyl sites for hydroxylation is 1. The molecule has 0 aliphatic heterocycles. The van der Waals surface area contributed by atoms with Crippen LogP contribution in [-0.2, 0) is 16.0 Å². The largest absolute Gasteiger partial charge is 0.352 e. The number of rotatable bonds is 9. The molecule has 0 aromatic heterocycles. The van der Waals surface area contributed by atoms with Crippen LogP contribution in [0.15, 0.2) is 30.3 Å². The lowest BCUT2D eigenvalue weighted by molar-refractivity contribution is -0.122. The van der Waals surface area contributed by atoms with E-state index in [0.717, 1.165) is 12.8 Å². The average Bonchev–Trinajstić information content (AvgIpc) is 3.44. The molecule has 1 aromatic carbocycles. The molecule has 0 spiro atoms. The molecule has 1 saturated carbocycles. The van der Waals surface area contributed by atoms with Crippen molar-refractivity contribution in [2.75, 3.05) is 13.1 Å². The quantitative estimate of drug-likeness (QED) is 0.582. The van der Waals surface area contributed by atoms with E-state index >= 15 is 0 Å². The topological polar surface area (TPSA) is 70.2 Å². The summed E-state index contributed by atoms with van der Waals surface area (Å²) in [4.78, 5) is 24.0. The summed E-state index contributed by atoms with van der Waals surface area (Å²) in [6, 6.07) is 8.18. The second-order valence-corrected chi connectivity index (χ2v) is 8.20. The van der Waals surface area contributed by atoms with Gasteiger partial charge in [-0.3, -0.25) is 14.3 Å². The van der Waals surface area contributed by atoms with Gasteiger partial charge >= 0.3 is 0 Å². The van der Waals surface area contributed by atoms with Crippen molar-refractivity contribution < 1.29 is 9.59 Å². The van der Waals surface area contributed by atoms with E-state index in [-0.39, 0.29) is 30.8 Å². The van der Waals surface area contributed by atoms with Gasteiger partial charge in [-0.25, -0.2) is 0 Å². The summed E-state index contributed by atoms with van der Waals surface area (Å²) in [7, 11) is 0. The Labute approximate surface area is 159 Å². The first-order chi connectivity index (χ1) is 12.6. The van der Waals surface area contributed by atoms with Gasteiger partial charge in [-0.15, -0.1) is 0 Å². The van der Waals surface area contributed by atoms with E-state index in [9.17, 15) is 9.59 Å². The van der Waals surface area contributed by atoms with Gasteiger partial charge in [-0.1, -0.05) is 42.3 Å². The highest BCUT2D eigenvalue weighted by atomic mass is 32.2. The van der Waals surface area contributed by atoms with Crippen LogP contribution in [0.2, 0.25) is 0 Å². The Morgan fingerprint density at radius 2 is 2.04 bits per heavy atom. The Balaban J connectivity index is 1.37. The van der Waals surface area contributed by atoms with E-state index in [2.05, 4.69) is 39.6 Å². The van der Waals surface area contributed by atoms with Gasteiger partial charge < -0.3 is 10.6 Å². The SMILES string of the molecule is CC(CC(=O)NCC1=CCCc2ccccc21)NC(=O)CNSC1CC1. The predicted molar refractivity (Wildman–Crippen MR) is 107 cm³/mol. The summed E-state index contributed by atoms with van der Waals surface area (Å²) < 4.78 is 3.08. The molecule has 3 N–H and O–H groups in total. The van der Waals surface area contributed by atoms with Crippen LogP contribution in [0.3, 0.4) is 0 Å². The van der Waals surface area contributed by atoms with Crippen LogP contribution in [0.4, 0.5) is 0 Å². The molecule has 1 aromatic rings. The fourth-order valence-corrected chi connectivity index (χ4v) is 3.88. The average molecular weight is 374 g/mol. The summed E-state index contributed by atoms with van der Waals surface area (Å²) >= 11 is 1.63. The van der Waals surface area contributed by atoms with Gasteiger partial charge in [0.2, 0.25) is 11.8 Å². The van der Waals surface area contributed by atoms with Gasteiger partial charge in [0.05, 0.1) is 6.54 Å². The van der Waals surface area contributed by atoms with Crippen LogP contribution in [-0.4, -0.2) is 36.2 Å². The molecule has 1 fully saturated rings. The summed E-state index contributed by atoms with van der Waals surface area (Å²) in [5.74, 6) is -0.107. The van der Waals surface area contributed by atoms with Crippen LogP contribution in [0.1, 0.15) is 43.7 Å². The lowest BCUT2D eigenvalue weighted by Gasteiger charge is -2.19. The van der Waals surface area contributed by atoms with Crippen molar-refractivity contribution in [1.82, 2.24) is 15.4 Å². The minimum absolute atomic E-state index is 0.0398. The molecular formula is C20H27N3O2S. The summed E-state index contributed by atoms with van der Waals surface area (Å²) in [5, 5.41) is 6.53. The van der Waals surface area contributed by atoms with Crippen LogP contribution < -0.4 is 15.4 Å². The van der Waals surface area contributed by atoms with Crippen molar-refractivity contribution >= 4 is 29.3 Å². The van der Waals surface area contributed by atoms with Crippen molar-refractivity contribution in [3.8, 4) is 0 Å². The van der Waals surface area contributed by atoms with E-state index in [0.29, 0.717) is 11.8 Å². The number of benzene rings is 1. The zero-order valence-corrected chi connectivity index (χ0v) is 16.0. The molecule has 2 amide bonds. The maximum atomic E-state index is 12.2. The molecule has 0 saturated heterocycles. The number of allylic oxidation sites excluding steroid dienone is 1. The Hall–Kier alpha value is -1.79. The maximum absolute atomic E-state index is 12.2. The normalized spacial score (nSPS) is 17.0. The van der Waals surface area contributed by atoms with E-state index < -0.39 is 0 Å². The minimum atomic E-state index is -0.178. The summed E-state index contributed by atoms with van der Waals surface area (Å²) in [5.41, 5.74) is 3.76. The van der Waals surface area contributed by atoms with Crippen molar-refractivity contribution in [1.29, 1.82) is 0 Å². The summed E-state index contributed by atoms with van der Waals surface area (Å²) in [6.07, 6.45) is 7.03. The summed E-state index contributed by atoms with van der Waals surface area (Å²) in [6.45, 7) is 2.69. The number of carbonyl (C=O) groups excluding carboxylic acids is 2. The molecule has 0 bridgehead atoms. The zero-order chi connectivity index (χ0) is 18.4. The minimum Gasteiger partial charge on any atom is -0.352 e. The maximum Gasteiger partial charge on any atom is 0.235 e. The molecule has 0 radical (unpaired) electrons. The van der Waals surface area contributed by atoms with Crippen molar-refractivity contribution in [2.24, 2.45) is 0 Å². The fourth-order valence-electron chi connectivity index (χ4n) is 3.06. The number of hydrogen-bond donors (Lipinski definition) is 3. The van der Waals surface area contributed by atoms with Gasteiger partial charge in [0.15, 0.2) is 0 Å². The van der Waals surface area contributed by atoms with Crippen molar-refractivity contribution in [3.63, 3.8) is 0 Å². The molecule has 3 rings (SSSR count). The molecule has 2 aliphatic carbocycles. The van der Waals surface area contributed by atoms with E-state index in [1.807, 2.05) is 13.0 Å². The zero-order valence-electron chi connectivity index (χ0n) is 15.2. The van der Waals surface area contributed by atoms with Gasteiger partial charge in [0.25, 0.3) is 0 Å². The van der Waals surface area contributed by atoms with Crippen molar-refractivity contribution in [2.45, 2.75) is 50.3 Å². The van der Waals surface area contributed by atoms with Gasteiger partial charge in [0, 0.05) is 24.3 Å². The molecule has 2 aliphatic rings. The number of fused-ring (bicyclic) bond motifs is 1. The third-order valence-corrected chi connectivity index (χ3v) is 5.67. The second-order valence-electron chi connectivity index (χ2n) is 7.01. The Bertz CT molecular complexity index is 685. The first-order valence-electron chi connectivity index (χ1n) is 9.33. The van der Waals surface area contributed by atoms with Crippen LogP contribution in [0.5, 0.6) is 0 Å². The lowest BCUT2D eigenvalue weighted by atomic mass is 9.91. The lowest BCUT2D eigenvalue weighted by Crippen LogP contribution is -2.40. The van der Waals surface area contributed by atoms with Gasteiger partial charge in [0.1, 0.15) is 0 Å². The molecule has 26 heavy (non-hydrogen) atoms. The molecule has 1 unspecified atom stereocenters. The van der Waals surface area contributed by atoms with Gasteiger partial charge in [-0.2, -0.15) is 0 Å². The Kier molecular flexibility index (Phi) is 6.74. The van der Waals surface area contributed by atoms with Crippen molar-refractivity contribution in [3.05, 3.63) is 41.5 Å². The molecular weight excluding hydrogens is 346 g/mol. The third-order valence-electron chi connectivity index (χ3n) is 4.55. The second kappa shape index (κ2) is 9.24. The molecule has 6 heteroatoms. The van der Waals surface area contributed by atoms with E-state index in [4.69, 9.17) is 0 Å². The fraction of sp³-hybridized carbons (Fsp3) is 0.500. The molecule has 140 valence electrons. The van der Waals surface area contributed by atoms with Crippen LogP contribution in [0, 0.1) is 0 Å². The predicted octanol–water partition coefficient (Wildman–Crippen LogP) is 2.43. The van der Waals surface area contributed by atoms with Crippen LogP contribution in [0.25, 0.3) is 5.57 Å². The number of amides is 2. The van der Waals surface area contributed by atoms with Gasteiger partial charge in [-0.05, 0) is 49.3 Å². The van der Waals surface area contributed by atoms with Crippen LogP contribution >= 0.6 is 11.9 Å². The Morgan fingerprint density at radius 3 is 2.85 bits per heavy atom. The first kappa shape index (κ1) is 19.0. The number of carbonyl (C=O) groups is 2. The van der Waals surface area contributed by atoms with E-state index in [1.54, 1.807) is 11.9 Å².